The summed E-state index contributed by atoms with van der Waals surface area (Å²) in [5.74, 6) is 1.59. The average Bonchev–Trinajstić information content (AvgIpc) is 3.87. The highest BCUT2D eigenvalue weighted by Crippen LogP contribution is 2.42. The summed E-state index contributed by atoms with van der Waals surface area (Å²) in [6, 6.07) is 11.9. The molecule has 48 heavy (non-hydrogen) atoms. The number of methoxy groups -OCH3 is 2. The molecule has 6 rings (SSSR count). The Bertz CT molecular complexity index is 1770. The molecule has 3 N–H and O–H groups in total. The number of hydrogen-bond acceptors (Lipinski definition) is 9. The van der Waals surface area contributed by atoms with Gasteiger partial charge in [-0.1, -0.05) is 59.6 Å². The van der Waals surface area contributed by atoms with Crippen LogP contribution >= 0.6 is 23.2 Å². The van der Waals surface area contributed by atoms with Crippen LogP contribution in [0.1, 0.15) is 56.3 Å². The molecule has 1 amide bonds. The number of aryl methyl sites for hydroxylation is 1. The van der Waals surface area contributed by atoms with Gasteiger partial charge in [0.15, 0.2) is 0 Å². The molecule has 1 saturated carbocycles. The summed E-state index contributed by atoms with van der Waals surface area (Å²) in [6.07, 6.45) is 10.4. The Morgan fingerprint density at radius 1 is 0.896 bits per heavy atom. The summed E-state index contributed by atoms with van der Waals surface area (Å²) in [5, 5.41) is 16.9. The Hall–Kier alpha value is -3.83. The summed E-state index contributed by atoms with van der Waals surface area (Å²) >= 11 is 14.1. The molecule has 0 radical (unpaired) electrons. The lowest BCUT2D eigenvalue weighted by molar-refractivity contribution is -0.119. The van der Waals surface area contributed by atoms with Crippen molar-refractivity contribution < 1.29 is 19.4 Å². The van der Waals surface area contributed by atoms with Crippen LogP contribution in [0.4, 0.5) is 0 Å². The van der Waals surface area contributed by atoms with E-state index < -0.39 is 0 Å². The van der Waals surface area contributed by atoms with E-state index in [0.29, 0.717) is 81.7 Å². The number of aliphatic hydroxyl groups is 1. The van der Waals surface area contributed by atoms with Crippen LogP contribution in [-0.2, 0) is 17.8 Å². The van der Waals surface area contributed by atoms with Crippen LogP contribution in [0.15, 0.2) is 48.8 Å². The first-order valence-corrected chi connectivity index (χ1v) is 17.2. The van der Waals surface area contributed by atoms with Crippen LogP contribution in [0, 0.1) is 5.92 Å². The molecule has 2 aliphatic rings. The monoisotopic (exact) mass is 690 g/mol. The predicted octanol–water partition coefficient (Wildman–Crippen LogP) is 6.44. The number of nitrogens with zero attached hydrogens (tertiary/aromatic N) is 4. The zero-order chi connectivity index (χ0) is 33.6. The van der Waals surface area contributed by atoms with Crippen LogP contribution < -0.4 is 20.1 Å². The summed E-state index contributed by atoms with van der Waals surface area (Å²) in [7, 11) is 3.16. The van der Waals surface area contributed by atoms with Crippen molar-refractivity contribution in [3.8, 4) is 45.4 Å². The number of benzene rings is 2. The summed E-state index contributed by atoms with van der Waals surface area (Å²) < 4.78 is 11.2. The topological polar surface area (TPSA) is 131 Å². The Balaban J connectivity index is 1.22. The number of hydrogen-bond donors (Lipinski definition) is 3. The third kappa shape index (κ3) is 7.73. The van der Waals surface area contributed by atoms with Gasteiger partial charge in [0.05, 0.1) is 48.0 Å². The van der Waals surface area contributed by atoms with E-state index in [0.717, 1.165) is 36.1 Å². The molecule has 3 heterocycles. The van der Waals surface area contributed by atoms with Gasteiger partial charge in [-0.2, -0.15) is 0 Å². The standard InChI is InChI=1S/C36H40Cl2N6O4/c1-47-35-28(11-3-6-22-14-15-32(46)42-22)40-18-29(43-35)25-9-4-7-23(33(25)37)24-8-5-10-26(34(24)38)30-19-41-31(36(44-30)48-2)20-39-27(16-17-45)21-12-13-21/h4-5,7-10,18-19,21-22,27,39,45H,3,6,11-17,20H2,1-2H3,(H,42,46)/t22-,27?/m1/s1. The van der Waals surface area contributed by atoms with E-state index in [1.165, 1.54) is 12.8 Å². The molecule has 2 aromatic carbocycles. The zero-order valence-corrected chi connectivity index (χ0v) is 28.7. The van der Waals surface area contributed by atoms with Crippen molar-refractivity contribution in [2.45, 2.75) is 70.0 Å². The van der Waals surface area contributed by atoms with Gasteiger partial charge in [0.25, 0.3) is 0 Å². The third-order valence-corrected chi connectivity index (χ3v) is 9.88. The van der Waals surface area contributed by atoms with Crippen LogP contribution in [0.25, 0.3) is 33.6 Å². The van der Waals surface area contributed by atoms with Gasteiger partial charge in [0, 0.05) is 53.9 Å². The molecule has 1 saturated heterocycles. The van der Waals surface area contributed by atoms with E-state index in [-0.39, 0.29) is 24.6 Å². The van der Waals surface area contributed by atoms with E-state index >= 15 is 0 Å². The fourth-order valence-corrected chi connectivity index (χ4v) is 6.98. The van der Waals surface area contributed by atoms with Crippen LogP contribution in [-0.4, -0.2) is 63.9 Å². The SMILES string of the molecule is COc1nc(-c2cccc(-c3cccc(-c4cnc(CNC(CCO)C5CC5)c(OC)n4)c3Cl)c2Cl)cnc1CCC[C@@H]1CCC(=O)N1. The van der Waals surface area contributed by atoms with Gasteiger partial charge in [0.2, 0.25) is 17.7 Å². The molecule has 2 atom stereocenters. The number of aliphatic hydroxyl groups excluding tert-OH is 1. The summed E-state index contributed by atoms with van der Waals surface area (Å²) in [5.41, 5.74) is 5.48. The van der Waals surface area contributed by atoms with Gasteiger partial charge in [-0.3, -0.25) is 14.8 Å². The van der Waals surface area contributed by atoms with Crippen molar-refractivity contribution >= 4 is 29.1 Å². The third-order valence-electron chi connectivity index (χ3n) is 9.06. The van der Waals surface area contributed by atoms with E-state index in [1.807, 2.05) is 36.4 Å². The van der Waals surface area contributed by atoms with E-state index in [4.69, 9.17) is 42.6 Å². The number of rotatable bonds is 15. The molecule has 2 fully saturated rings. The van der Waals surface area contributed by atoms with Crippen molar-refractivity contribution in [1.82, 2.24) is 30.6 Å². The first-order valence-electron chi connectivity index (χ1n) is 16.4. The van der Waals surface area contributed by atoms with Crippen LogP contribution in [0.2, 0.25) is 10.0 Å². The van der Waals surface area contributed by atoms with Crippen molar-refractivity contribution in [1.29, 1.82) is 0 Å². The second-order valence-electron chi connectivity index (χ2n) is 12.3. The molecule has 4 aromatic rings. The lowest BCUT2D eigenvalue weighted by Crippen LogP contribution is -2.32. The van der Waals surface area contributed by atoms with Gasteiger partial charge in [0.1, 0.15) is 11.4 Å². The zero-order valence-electron chi connectivity index (χ0n) is 27.1. The van der Waals surface area contributed by atoms with Gasteiger partial charge < -0.3 is 25.2 Å². The molecule has 1 aliphatic heterocycles. The smallest absolute Gasteiger partial charge is 0.237 e. The summed E-state index contributed by atoms with van der Waals surface area (Å²) in [6.45, 7) is 0.637. The normalized spacial score (nSPS) is 16.5. The molecule has 0 spiro atoms. The van der Waals surface area contributed by atoms with Crippen molar-refractivity contribution in [3.05, 3.63) is 70.2 Å². The van der Waals surface area contributed by atoms with Crippen molar-refractivity contribution in [2.75, 3.05) is 20.8 Å². The number of ether oxygens (including phenoxy) is 2. The molecular weight excluding hydrogens is 651 g/mol. The van der Waals surface area contributed by atoms with Crippen LogP contribution in [0.3, 0.4) is 0 Å². The molecule has 2 aromatic heterocycles. The fourth-order valence-electron chi connectivity index (χ4n) is 6.33. The number of halogens is 2. The molecular formula is C36H40Cl2N6O4. The maximum Gasteiger partial charge on any atom is 0.237 e. The van der Waals surface area contributed by atoms with E-state index in [1.54, 1.807) is 26.6 Å². The highest BCUT2D eigenvalue weighted by atomic mass is 35.5. The molecule has 1 unspecified atom stereocenters. The minimum atomic E-state index is 0.123. The van der Waals surface area contributed by atoms with Gasteiger partial charge in [-0.25, -0.2) is 9.97 Å². The molecule has 12 heteroatoms. The number of carbonyl (C=O) groups is 1. The minimum absolute atomic E-state index is 0.123. The largest absolute Gasteiger partial charge is 0.480 e. The Kier molecular flexibility index (Phi) is 11.1. The molecule has 0 bridgehead atoms. The number of aromatic nitrogens is 4. The Morgan fingerprint density at radius 3 is 2.02 bits per heavy atom. The van der Waals surface area contributed by atoms with Gasteiger partial charge in [-0.05, 0) is 50.9 Å². The van der Waals surface area contributed by atoms with Crippen molar-refractivity contribution in [3.63, 3.8) is 0 Å². The maximum absolute atomic E-state index is 11.5. The quantitative estimate of drug-likeness (QED) is 0.129. The van der Waals surface area contributed by atoms with E-state index in [9.17, 15) is 9.90 Å². The second kappa shape index (κ2) is 15.6. The average molecular weight is 692 g/mol. The van der Waals surface area contributed by atoms with E-state index in [2.05, 4.69) is 20.6 Å². The number of amides is 1. The predicted molar refractivity (Wildman–Crippen MR) is 186 cm³/mol. The lowest BCUT2D eigenvalue weighted by atomic mass is 9.98. The first kappa shape index (κ1) is 34.0. The fraction of sp³-hybridized carbons (Fsp3) is 0.417. The van der Waals surface area contributed by atoms with Gasteiger partial charge >= 0.3 is 0 Å². The van der Waals surface area contributed by atoms with Gasteiger partial charge in [-0.15, -0.1) is 0 Å². The molecule has 10 nitrogen and oxygen atoms in total. The highest BCUT2D eigenvalue weighted by molar-refractivity contribution is 6.39. The lowest BCUT2D eigenvalue weighted by Gasteiger charge is -2.18. The molecule has 252 valence electrons. The van der Waals surface area contributed by atoms with Crippen LogP contribution in [0.5, 0.6) is 11.8 Å². The number of nitrogens with one attached hydrogen (secondary N) is 2. The number of carbonyl (C=O) groups excluding carboxylic acids is 1. The summed E-state index contributed by atoms with van der Waals surface area (Å²) in [4.78, 5) is 30.4. The maximum atomic E-state index is 11.5. The van der Waals surface area contributed by atoms with Crippen molar-refractivity contribution in [2.24, 2.45) is 5.92 Å². The second-order valence-corrected chi connectivity index (χ2v) is 13.0. The minimum Gasteiger partial charge on any atom is -0.480 e. The Morgan fingerprint density at radius 2 is 1.48 bits per heavy atom. The molecule has 1 aliphatic carbocycles. The highest BCUT2D eigenvalue weighted by Gasteiger charge is 2.30. The first-order chi connectivity index (χ1) is 23.4. The Labute approximate surface area is 290 Å².